The Hall–Kier alpha value is -3.08. The first-order valence-electron chi connectivity index (χ1n) is 10.3. The fraction of sp³-hybridized carbons (Fsp3) is 0. The average Bonchev–Trinajstić information content (AvgIpc) is 2.78. The summed E-state index contributed by atoms with van der Waals surface area (Å²) in [5.74, 6) is 0. The molecule has 0 aliphatic heterocycles. The van der Waals surface area contributed by atoms with Crippen LogP contribution in [-0.4, -0.2) is 0 Å². The number of hydrogen-bond donors (Lipinski definition) is 2. The quantitative estimate of drug-likeness (QED) is 0.161. The van der Waals surface area contributed by atoms with Crippen LogP contribution in [0.5, 0.6) is 0 Å². The van der Waals surface area contributed by atoms with E-state index in [4.69, 9.17) is 11.5 Å². The van der Waals surface area contributed by atoms with Gasteiger partial charge >= 0.3 is 0 Å². The van der Waals surface area contributed by atoms with Gasteiger partial charge in [-0.05, 0) is 79.5 Å². The zero-order chi connectivity index (χ0) is 22.0. The minimum atomic E-state index is 0.726. The van der Waals surface area contributed by atoms with Gasteiger partial charge in [0, 0.05) is 31.4 Å². The highest BCUT2D eigenvalue weighted by Crippen LogP contribution is 2.44. The Kier molecular flexibility index (Phi) is 4.42. The molecule has 2 nitrogen and oxygen atoms in total. The molecule has 6 aromatic rings. The molecule has 0 fully saturated rings. The monoisotopic (exact) mass is 540 g/mol. The molecule has 0 saturated heterocycles. The van der Waals surface area contributed by atoms with Gasteiger partial charge in [0.1, 0.15) is 0 Å². The van der Waals surface area contributed by atoms with Gasteiger partial charge in [0.05, 0.1) is 0 Å². The van der Waals surface area contributed by atoms with Crippen molar-refractivity contribution in [3.05, 3.63) is 93.9 Å². The van der Waals surface area contributed by atoms with E-state index < -0.39 is 0 Å². The zero-order valence-corrected chi connectivity index (χ0v) is 20.2. The van der Waals surface area contributed by atoms with Gasteiger partial charge in [-0.2, -0.15) is 0 Å². The van der Waals surface area contributed by atoms with Gasteiger partial charge in [-0.3, -0.25) is 0 Å². The van der Waals surface area contributed by atoms with E-state index in [9.17, 15) is 0 Å². The van der Waals surface area contributed by atoms with Gasteiger partial charge in [0.25, 0.3) is 0 Å². The molecular formula is C28H18Br2N2. The van der Waals surface area contributed by atoms with E-state index in [1.54, 1.807) is 0 Å². The normalized spacial score (nSPS) is 11.7. The molecular weight excluding hydrogens is 524 g/mol. The maximum absolute atomic E-state index is 6.61. The Morgan fingerprint density at radius 1 is 0.406 bits per heavy atom. The number of nitrogen functional groups attached to an aromatic ring is 2. The predicted octanol–water partition coefficient (Wildman–Crippen LogP) is 8.66. The summed E-state index contributed by atoms with van der Waals surface area (Å²) >= 11 is 7.16. The lowest BCUT2D eigenvalue weighted by Gasteiger charge is -2.17. The Morgan fingerprint density at radius 3 is 1.22 bits per heavy atom. The summed E-state index contributed by atoms with van der Waals surface area (Å²) in [5, 5.41) is 9.31. The first-order valence-corrected chi connectivity index (χ1v) is 11.9. The lowest BCUT2D eigenvalue weighted by Crippen LogP contribution is -1.97. The Balaban J connectivity index is 1.76. The molecule has 0 aliphatic rings. The summed E-state index contributed by atoms with van der Waals surface area (Å²) in [6.07, 6.45) is 0. The van der Waals surface area contributed by atoms with Gasteiger partial charge in [-0.1, -0.05) is 80.4 Å². The highest BCUT2D eigenvalue weighted by molar-refractivity contribution is 9.10. The first-order chi connectivity index (χ1) is 15.5. The van der Waals surface area contributed by atoms with Crippen molar-refractivity contribution >= 4 is 86.3 Å². The van der Waals surface area contributed by atoms with Crippen molar-refractivity contribution in [2.45, 2.75) is 0 Å². The Labute approximate surface area is 202 Å². The number of benzene rings is 6. The van der Waals surface area contributed by atoms with Gasteiger partial charge in [-0.25, -0.2) is 0 Å². The van der Waals surface area contributed by atoms with Crippen molar-refractivity contribution in [3.8, 4) is 11.1 Å². The third-order valence-corrected chi connectivity index (χ3v) is 7.26. The summed E-state index contributed by atoms with van der Waals surface area (Å²) in [6, 6.07) is 29.6. The smallest absolute Gasteiger partial charge is 0.0401 e. The molecule has 0 aliphatic carbocycles. The van der Waals surface area contributed by atoms with Crippen LogP contribution < -0.4 is 11.5 Å². The summed E-state index contributed by atoms with van der Waals surface area (Å²) in [7, 11) is 0. The number of rotatable bonds is 1. The second-order valence-corrected chi connectivity index (χ2v) is 9.94. The minimum Gasteiger partial charge on any atom is -0.398 e. The SMILES string of the molecule is Nc1ccc2c(ccc3cc(Br)ccc32)c1-c1c(N)ccc2c1ccc1cc(Br)ccc12. The lowest BCUT2D eigenvalue weighted by molar-refractivity contribution is 1.67. The second-order valence-electron chi connectivity index (χ2n) is 8.11. The highest BCUT2D eigenvalue weighted by atomic mass is 79.9. The van der Waals surface area contributed by atoms with Crippen LogP contribution in [0, 0.1) is 0 Å². The van der Waals surface area contributed by atoms with Crippen LogP contribution in [0.4, 0.5) is 11.4 Å². The zero-order valence-electron chi connectivity index (χ0n) is 17.0. The van der Waals surface area contributed by atoms with Crippen molar-refractivity contribution in [1.82, 2.24) is 0 Å². The number of fused-ring (bicyclic) bond motifs is 6. The minimum absolute atomic E-state index is 0.726. The summed E-state index contributed by atoms with van der Waals surface area (Å²) < 4.78 is 2.13. The summed E-state index contributed by atoms with van der Waals surface area (Å²) in [5.41, 5.74) is 16.7. The number of anilines is 2. The third kappa shape index (κ3) is 2.90. The number of nitrogens with two attached hydrogens (primary N) is 2. The van der Waals surface area contributed by atoms with Crippen LogP contribution in [0.3, 0.4) is 0 Å². The molecule has 0 unspecified atom stereocenters. The molecule has 0 radical (unpaired) electrons. The number of halogens is 2. The van der Waals surface area contributed by atoms with Crippen molar-refractivity contribution in [1.29, 1.82) is 0 Å². The van der Waals surface area contributed by atoms with Crippen LogP contribution in [0.1, 0.15) is 0 Å². The van der Waals surface area contributed by atoms with Crippen LogP contribution in [0.2, 0.25) is 0 Å². The molecule has 0 saturated carbocycles. The van der Waals surface area contributed by atoms with E-state index in [0.29, 0.717) is 0 Å². The predicted molar refractivity (Wildman–Crippen MR) is 146 cm³/mol. The largest absolute Gasteiger partial charge is 0.398 e. The van der Waals surface area contributed by atoms with Gasteiger partial charge in [-0.15, -0.1) is 0 Å². The molecule has 32 heavy (non-hydrogen) atoms. The van der Waals surface area contributed by atoms with Crippen LogP contribution in [0.25, 0.3) is 54.2 Å². The van der Waals surface area contributed by atoms with Crippen LogP contribution in [0.15, 0.2) is 93.9 Å². The molecule has 0 atom stereocenters. The fourth-order valence-corrected chi connectivity index (χ4v) is 5.58. The van der Waals surface area contributed by atoms with Crippen LogP contribution in [-0.2, 0) is 0 Å². The molecule has 4 N–H and O–H groups in total. The van der Waals surface area contributed by atoms with Crippen molar-refractivity contribution in [2.75, 3.05) is 11.5 Å². The fourth-order valence-electron chi connectivity index (χ4n) is 4.83. The molecule has 0 bridgehead atoms. The van der Waals surface area contributed by atoms with Crippen molar-refractivity contribution < 1.29 is 0 Å². The van der Waals surface area contributed by atoms with E-state index in [2.05, 4.69) is 105 Å². The molecule has 4 heteroatoms. The Bertz CT molecular complexity index is 1590. The van der Waals surface area contributed by atoms with Gasteiger partial charge < -0.3 is 11.5 Å². The van der Waals surface area contributed by atoms with Crippen LogP contribution >= 0.6 is 31.9 Å². The van der Waals surface area contributed by atoms with Crippen molar-refractivity contribution in [2.24, 2.45) is 0 Å². The van der Waals surface area contributed by atoms with Crippen molar-refractivity contribution in [3.63, 3.8) is 0 Å². The van der Waals surface area contributed by atoms with Gasteiger partial charge in [0.15, 0.2) is 0 Å². The van der Waals surface area contributed by atoms with E-state index in [0.717, 1.165) is 42.2 Å². The maximum atomic E-state index is 6.61. The third-order valence-electron chi connectivity index (χ3n) is 6.27. The van der Waals surface area contributed by atoms with E-state index >= 15 is 0 Å². The maximum Gasteiger partial charge on any atom is 0.0401 e. The first kappa shape index (κ1) is 19.6. The molecule has 0 amide bonds. The van der Waals surface area contributed by atoms with E-state index in [1.165, 1.54) is 32.3 Å². The average molecular weight is 542 g/mol. The standard InChI is InChI=1S/C28H18Br2N2/c29-17-3-7-19-15(13-17)1-5-23-21(19)9-11-25(31)27(23)28-24-6-2-16-14-18(30)4-8-20(16)22(24)10-12-26(28)32/h1-14H,31-32H2. The van der Waals surface area contributed by atoms with Gasteiger partial charge in [0.2, 0.25) is 0 Å². The molecule has 0 heterocycles. The number of hydrogen-bond acceptors (Lipinski definition) is 2. The van der Waals surface area contributed by atoms with E-state index in [1.807, 2.05) is 12.1 Å². The molecule has 0 aromatic heterocycles. The molecule has 154 valence electrons. The second kappa shape index (κ2) is 7.22. The summed E-state index contributed by atoms with van der Waals surface area (Å²) in [6.45, 7) is 0. The Morgan fingerprint density at radius 2 is 0.781 bits per heavy atom. The molecule has 6 rings (SSSR count). The molecule has 0 spiro atoms. The highest BCUT2D eigenvalue weighted by Gasteiger charge is 2.17. The molecule has 6 aromatic carbocycles. The lowest BCUT2D eigenvalue weighted by atomic mass is 9.88. The van der Waals surface area contributed by atoms with E-state index in [-0.39, 0.29) is 0 Å². The summed E-state index contributed by atoms with van der Waals surface area (Å²) in [4.78, 5) is 0. The topological polar surface area (TPSA) is 52.0 Å².